The van der Waals surface area contributed by atoms with Crippen LogP contribution in [-0.2, 0) is 0 Å². The molecule has 0 saturated heterocycles. The van der Waals surface area contributed by atoms with Gasteiger partial charge in [-0.05, 0) is 137 Å². The summed E-state index contributed by atoms with van der Waals surface area (Å²) in [4.78, 5) is 5.09. The number of ether oxygens (including phenoxy) is 2. The van der Waals surface area contributed by atoms with E-state index in [1.807, 2.05) is 7.05 Å². The first kappa shape index (κ1) is 30.4. The molecule has 0 atom stereocenters. The molecule has 58 heavy (non-hydrogen) atoms. The van der Waals surface area contributed by atoms with Crippen LogP contribution in [0.3, 0.4) is 0 Å². The molecular weight excluding hydrogens is 709 g/mol. The second-order valence-electron chi connectivity index (χ2n) is 17.6. The predicted molar refractivity (Wildman–Crippen MR) is 238 cm³/mol. The molecule has 9 aromatic rings. The minimum Gasteiger partial charge on any atom is -0.458 e. The van der Waals surface area contributed by atoms with E-state index in [1.54, 1.807) is 0 Å². The van der Waals surface area contributed by atoms with Gasteiger partial charge in [0.15, 0.2) is 0 Å². The Bertz CT molecular complexity index is 3810. The summed E-state index contributed by atoms with van der Waals surface area (Å²) in [7, 11) is 1.94. The molecule has 6 aliphatic heterocycles. The van der Waals surface area contributed by atoms with E-state index in [0.29, 0.717) is 5.36 Å². The Morgan fingerprint density at radius 2 is 0.966 bits per heavy atom. The molecule has 0 amide bonds. The number of nitrogens with zero attached hydrogens (tertiary/aromatic N) is 3. The van der Waals surface area contributed by atoms with Crippen molar-refractivity contribution in [3.05, 3.63) is 124 Å². The van der Waals surface area contributed by atoms with Gasteiger partial charge in [-0.3, -0.25) is 10.4 Å². The summed E-state index contributed by atoms with van der Waals surface area (Å²) in [6.07, 6.45) is 0. The first-order valence-electron chi connectivity index (χ1n) is 20.4. The fourth-order valence-electron chi connectivity index (χ4n) is 12.5. The highest BCUT2D eigenvalue weighted by Crippen LogP contribution is 2.40. The van der Waals surface area contributed by atoms with Crippen LogP contribution in [0.25, 0.3) is 55.0 Å². The van der Waals surface area contributed by atoms with Gasteiger partial charge in [0.2, 0.25) is 0 Å². The summed E-state index contributed by atoms with van der Waals surface area (Å²) in [6, 6.07) is 34.1. The molecule has 0 unspecified atom stereocenters. The second-order valence-corrected chi connectivity index (χ2v) is 17.6. The van der Waals surface area contributed by atoms with Crippen LogP contribution >= 0.6 is 0 Å². The van der Waals surface area contributed by atoms with Gasteiger partial charge < -0.3 is 18.6 Å². The van der Waals surface area contributed by atoms with Gasteiger partial charge in [0.25, 0.3) is 20.1 Å². The molecule has 6 nitrogen and oxygen atoms in total. The lowest BCUT2D eigenvalue weighted by atomic mass is 9.26. The molecule has 8 heterocycles. The highest BCUT2D eigenvalue weighted by molar-refractivity contribution is 7.06. The standard InChI is InChI=1S/C49H31B3N4O2/c1-21-6-10-29-37(18-21)57-35-12-8-25-42(53)27-14-23(3)16-31-44(27)55-46(25)39(35)50(29)33-20-34-49-41(48(33)55)52(31)32-17-24(4)15-28-43(54-5)26-9-13-36-40(47(26)56(49)45(28)32)51(34)30-11-7-22(2)19-38(30)58-36/h6-20,53H,1-5H3. The van der Waals surface area contributed by atoms with Crippen molar-refractivity contribution in [3.8, 4) is 34.4 Å². The van der Waals surface area contributed by atoms with Gasteiger partial charge in [-0.15, -0.1) is 0 Å². The fourth-order valence-corrected chi connectivity index (χ4v) is 12.5. The van der Waals surface area contributed by atoms with E-state index in [0.717, 1.165) is 61.0 Å². The summed E-state index contributed by atoms with van der Waals surface area (Å²) < 4.78 is 19.0. The van der Waals surface area contributed by atoms with E-state index in [4.69, 9.17) is 14.5 Å². The predicted octanol–water partition coefficient (Wildman–Crippen LogP) is 3.14. The van der Waals surface area contributed by atoms with Gasteiger partial charge in [-0.1, -0.05) is 53.6 Å². The summed E-state index contributed by atoms with van der Waals surface area (Å²) in [5.41, 5.74) is 23.2. The molecule has 1 N–H and O–H groups in total. The first-order chi connectivity index (χ1) is 28.3. The molecule has 0 radical (unpaired) electrons. The van der Waals surface area contributed by atoms with Crippen LogP contribution in [0.5, 0.6) is 23.0 Å². The van der Waals surface area contributed by atoms with Crippen molar-refractivity contribution in [2.75, 3.05) is 7.05 Å². The highest BCUT2D eigenvalue weighted by atomic mass is 16.5. The van der Waals surface area contributed by atoms with E-state index in [-0.39, 0.29) is 20.1 Å². The maximum atomic E-state index is 9.92. The summed E-state index contributed by atoms with van der Waals surface area (Å²) in [6.45, 7) is 8.52. The van der Waals surface area contributed by atoms with E-state index in [2.05, 4.69) is 128 Å². The third kappa shape index (κ3) is 3.14. The number of hydrogen-bond donors (Lipinski definition) is 1. The van der Waals surface area contributed by atoms with Crippen molar-refractivity contribution in [2.24, 2.45) is 4.99 Å². The zero-order valence-corrected chi connectivity index (χ0v) is 32.6. The van der Waals surface area contributed by atoms with Crippen LogP contribution < -0.4 is 69.4 Å². The Labute approximate surface area is 333 Å². The number of fused-ring (bicyclic) bond motifs is 8. The minimum atomic E-state index is -0.0803. The van der Waals surface area contributed by atoms with Crippen LogP contribution in [0.1, 0.15) is 22.3 Å². The maximum Gasteiger partial charge on any atom is 0.256 e. The van der Waals surface area contributed by atoms with Crippen LogP contribution in [0.15, 0.2) is 96.0 Å². The zero-order chi connectivity index (χ0) is 38.4. The van der Waals surface area contributed by atoms with Crippen LogP contribution in [0.2, 0.25) is 0 Å². The van der Waals surface area contributed by atoms with Gasteiger partial charge in [0.1, 0.15) is 23.0 Å². The monoisotopic (exact) mass is 740 g/mol. The molecule has 6 aliphatic rings. The molecule has 7 aromatic carbocycles. The smallest absolute Gasteiger partial charge is 0.256 e. The molecule has 268 valence electrons. The van der Waals surface area contributed by atoms with E-state index >= 15 is 0 Å². The number of aromatic nitrogens is 2. The van der Waals surface area contributed by atoms with Crippen molar-refractivity contribution in [1.82, 2.24) is 9.13 Å². The Morgan fingerprint density at radius 1 is 0.448 bits per heavy atom. The number of nitrogens with one attached hydrogen (secondary N) is 1. The molecule has 0 aliphatic carbocycles. The van der Waals surface area contributed by atoms with Gasteiger partial charge in [-0.25, -0.2) is 0 Å². The zero-order valence-electron chi connectivity index (χ0n) is 32.6. The molecule has 9 heteroatoms. The molecule has 15 rings (SSSR count). The largest absolute Gasteiger partial charge is 0.458 e. The van der Waals surface area contributed by atoms with Crippen LogP contribution in [0, 0.1) is 33.1 Å². The third-order valence-corrected chi connectivity index (χ3v) is 14.4. The van der Waals surface area contributed by atoms with Crippen molar-refractivity contribution in [1.29, 1.82) is 5.41 Å². The van der Waals surface area contributed by atoms with Crippen LogP contribution in [-0.4, -0.2) is 36.3 Å². The number of rotatable bonds is 0. The Balaban J connectivity index is 1.26. The van der Waals surface area contributed by atoms with Crippen molar-refractivity contribution in [3.63, 3.8) is 0 Å². The maximum absolute atomic E-state index is 9.92. The lowest BCUT2D eigenvalue weighted by Gasteiger charge is -2.45. The quantitative estimate of drug-likeness (QED) is 0.192. The average Bonchev–Trinajstić information content (AvgIpc) is 3.21. The molecule has 2 aromatic heterocycles. The number of pyridine rings is 2. The van der Waals surface area contributed by atoms with Crippen molar-refractivity contribution < 1.29 is 9.47 Å². The molecule has 0 fully saturated rings. The van der Waals surface area contributed by atoms with E-state index in [9.17, 15) is 5.41 Å². The molecule has 0 spiro atoms. The minimum absolute atomic E-state index is 0.0528. The van der Waals surface area contributed by atoms with Crippen molar-refractivity contribution in [2.45, 2.75) is 27.7 Å². The van der Waals surface area contributed by atoms with Crippen molar-refractivity contribution >= 4 is 113 Å². The fraction of sp³-hybridized carbons (Fsp3) is 0.102. The summed E-state index contributed by atoms with van der Waals surface area (Å²) in [5, 5.41) is 15.8. The van der Waals surface area contributed by atoms with E-state index < -0.39 is 0 Å². The lowest BCUT2D eigenvalue weighted by Crippen LogP contribution is -2.71. The third-order valence-electron chi connectivity index (χ3n) is 14.4. The van der Waals surface area contributed by atoms with Gasteiger partial charge in [0, 0.05) is 40.0 Å². The van der Waals surface area contributed by atoms with Gasteiger partial charge in [-0.2, -0.15) is 0 Å². The summed E-state index contributed by atoms with van der Waals surface area (Å²) in [5.74, 6) is 3.63. The summed E-state index contributed by atoms with van der Waals surface area (Å²) >= 11 is 0. The lowest BCUT2D eigenvalue weighted by molar-refractivity contribution is 0.487. The Hall–Kier alpha value is -6.73. The molecule has 0 bridgehead atoms. The molecule has 0 saturated carbocycles. The van der Waals surface area contributed by atoms with Gasteiger partial charge >= 0.3 is 0 Å². The topological polar surface area (TPSA) is 64.5 Å². The first-order valence-corrected chi connectivity index (χ1v) is 20.4. The number of aryl methyl sites for hydroxylation is 4. The average molecular weight is 740 g/mol. The number of benzene rings is 7. The normalized spacial score (nSPS) is 15.0. The van der Waals surface area contributed by atoms with Gasteiger partial charge in [0.05, 0.1) is 32.8 Å². The second kappa shape index (κ2) is 9.51. The Kier molecular flexibility index (Phi) is 4.99. The molecular formula is C49H31B3N4O2. The Morgan fingerprint density at radius 3 is 1.55 bits per heavy atom. The SMILES string of the molecule is CN=c1c2cc(C)cc3c2n2c4c5c(ccc14)Oc1cc(C)ccc1B5c1cc4c5c(c1-2)B3c1cc(C)cc2c(=N)c3ccc6c(c3n-5c12)B4c1ccc(C)cc1O6. The highest BCUT2D eigenvalue weighted by Gasteiger charge is 2.51. The number of hydrogen-bond acceptors (Lipinski definition) is 4. The van der Waals surface area contributed by atoms with Crippen LogP contribution in [0.4, 0.5) is 0 Å². The van der Waals surface area contributed by atoms with E-state index in [1.165, 1.54) is 93.8 Å².